The van der Waals surface area contributed by atoms with Gasteiger partial charge in [-0.1, -0.05) is 59.6 Å². The van der Waals surface area contributed by atoms with Crippen molar-refractivity contribution in [3.05, 3.63) is 71.9 Å². The topological polar surface area (TPSA) is 108 Å². The molecule has 0 unspecified atom stereocenters. The molecule has 3 N–H and O–H groups in total. The SMILES string of the molecule is O=C(N[C@@H](C(=O)O)c1ccccc1)c1cccc(-c2[c-]nn[nH]2)c1.[Au+]. The number of aromatic nitrogens is 3. The molecule has 25 heavy (non-hydrogen) atoms. The molecule has 8 heteroatoms. The van der Waals surface area contributed by atoms with Crippen LogP contribution < -0.4 is 5.32 Å². The molecule has 7 nitrogen and oxygen atoms in total. The summed E-state index contributed by atoms with van der Waals surface area (Å²) in [5.74, 6) is -1.61. The van der Waals surface area contributed by atoms with Crippen LogP contribution in [0.1, 0.15) is 22.0 Å². The maximum absolute atomic E-state index is 12.4. The third kappa shape index (κ3) is 4.42. The Morgan fingerprint density at radius 1 is 1.12 bits per heavy atom. The number of rotatable bonds is 5. The molecule has 2 aromatic carbocycles. The number of carbonyl (C=O) groups is 2. The average Bonchev–Trinajstić information content (AvgIpc) is 3.15. The van der Waals surface area contributed by atoms with Gasteiger partial charge in [0.1, 0.15) is 0 Å². The Morgan fingerprint density at radius 3 is 2.52 bits per heavy atom. The number of carboxylic acid groups (broad SMARTS) is 1. The third-order valence-corrected chi connectivity index (χ3v) is 3.44. The van der Waals surface area contributed by atoms with Crippen molar-refractivity contribution in [2.45, 2.75) is 6.04 Å². The van der Waals surface area contributed by atoms with E-state index in [1.54, 1.807) is 54.6 Å². The summed E-state index contributed by atoms with van der Waals surface area (Å²) in [5, 5.41) is 21.7. The quantitative estimate of drug-likeness (QED) is 0.353. The fourth-order valence-electron chi connectivity index (χ4n) is 2.27. The molecule has 0 aliphatic rings. The molecule has 3 aromatic rings. The molecule has 0 saturated heterocycles. The van der Waals surface area contributed by atoms with Crippen molar-refractivity contribution in [2.75, 3.05) is 0 Å². The summed E-state index contributed by atoms with van der Waals surface area (Å²) in [6, 6.07) is 14.1. The van der Waals surface area contributed by atoms with Gasteiger partial charge in [0.15, 0.2) is 6.04 Å². The minimum absolute atomic E-state index is 0. The van der Waals surface area contributed by atoms with Gasteiger partial charge < -0.3 is 10.4 Å². The van der Waals surface area contributed by atoms with Gasteiger partial charge >= 0.3 is 28.3 Å². The smallest absolute Gasteiger partial charge is 0.479 e. The average molecular weight is 518 g/mol. The molecule has 0 fully saturated rings. The van der Waals surface area contributed by atoms with Crippen LogP contribution >= 0.6 is 0 Å². The number of benzene rings is 2. The molecule has 1 aromatic heterocycles. The van der Waals surface area contributed by atoms with Crippen LogP contribution in [0.2, 0.25) is 0 Å². The number of carbonyl (C=O) groups excluding carboxylic acids is 1. The zero-order valence-corrected chi connectivity index (χ0v) is 14.9. The maximum Gasteiger partial charge on any atom is 1.00 e. The minimum atomic E-state index is -1.13. The fraction of sp³-hybridized carbons (Fsp3) is 0.0588. The van der Waals surface area contributed by atoms with E-state index in [0.29, 0.717) is 22.4 Å². The summed E-state index contributed by atoms with van der Waals surface area (Å²) in [6.45, 7) is 0. The Balaban J connectivity index is 0.00000225. The van der Waals surface area contributed by atoms with E-state index >= 15 is 0 Å². The van der Waals surface area contributed by atoms with Gasteiger partial charge in [-0.25, -0.2) is 9.89 Å². The van der Waals surface area contributed by atoms with Gasteiger partial charge in [0.25, 0.3) is 5.91 Å². The van der Waals surface area contributed by atoms with Gasteiger partial charge in [0, 0.05) is 5.56 Å². The van der Waals surface area contributed by atoms with Crippen molar-refractivity contribution < 1.29 is 37.1 Å². The van der Waals surface area contributed by atoms with Crippen LogP contribution in [0.15, 0.2) is 54.6 Å². The summed E-state index contributed by atoms with van der Waals surface area (Å²) in [5.41, 5.74) is 2.06. The molecule has 0 saturated carbocycles. The molecule has 1 atom stereocenters. The second kappa shape index (κ2) is 8.39. The molecule has 0 spiro atoms. The number of aliphatic carboxylic acids is 1. The first kappa shape index (κ1) is 18.6. The second-order valence-corrected chi connectivity index (χ2v) is 5.03. The van der Waals surface area contributed by atoms with Gasteiger partial charge in [0.2, 0.25) is 0 Å². The van der Waals surface area contributed by atoms with Crippen molar-refractivity contribution in [1.29, 1.82) is 0 Å². The molecule has 1 heterocycles. The van der Waals surface area contributed by atoms with E-state index in [1.165, 1.54) is 0 Å². The van der Waals surface area contributed by atoms with E-state index in [-0.39, 0.29) is 22.4 Å². The number of nitrogens with one attached hydrogen (secondary N) is 2. The first-order valence-electron chi connectivity index (χ1n) is 7.13. The van der Waals surface area contributed by atoms with Gasteiger partial charge in [-0.15, -0.1) is 17.7 Å². The summed E-state index contributed by atoms with van der Waals surface area (Å²) in [7, 11) is 0. The minimum Gasteiger partial charge on any atom is -0.479 e. The largest absolute Gasteiger partial charge is 1.00 e. The van der Waals surface area contributed by atoms with Crippen molar-refractivity contribution >= 4 is 11.9 Å². The number of H-pyrrole nitrogens is 1. The van der Waals surface area contributed by atoms with Crippen LogP contribution in [0.25, 0.3) is 11.3 Å². The van der Waals surface area contributed by atoms with Crippen LogP contribution in [0.4, 0.5) is 0 Å². The molecule has 0 aliphatic heterocycles. The number of nitrogens with zero attached hydrogens (tertiary/aromatic N) is 2. The second-order valence-electron chi connectivity index (χ2n) is 5.03. The Kier molecular flexibility index (Phi) is 6.24. The van der Waals surface area contributed by atoms with Gasteiger partial charge in [-0.2, -0.15) is 0 Å². The van der Waals surface area contributed by atoms with Crippen molar-refractivity contribution in [3.63, 3.8) is 0 Å². The van der Waals surface area contributed by atoms with Crippen LogP contribution in [0, 0.1) is 6.20 Å². The first-order chi connectivity index (χ1) is 11.6. The number of carboxylic acids is 1. The standard InChI is InChI=1S/C17H13N4O3.Au/c22-16(19-15(17(23)24)11-5-2-1-3-6-11)13-8-4-7-12(9-13)14-10-18-21-20-14;/h1-9,15H,(H,19,22)(H,23,24)(H,18,20,21);/q-1;+1/t15-;/m1./s1. The molecular weight excluding hydrogens is 505 g/mol. The zero-order valence-electron chi connectivity index (χ0n) is 12.7. The van der Waals surface area contributed by atoms with Crippen LogP contribution in [0.3, 0.4) is 0 Å². The van der Waals surface area contributed by atoms with Crippen molar-refractivity contribution in [3.8, 4) is 11.3 Å². The molecule has 130 valence electrons. The summed E-state index contributed by atoms with van der Waals surface area (Å²) in [4.78, 5) is 23.9. The van der Waals surface area contributed by atoms with Crippen molar-refractivity contribution in [1.82, 2.24) is 20.7 Å². The number of hydrogen-bond acceptors (Lipinski definition) is 4. The Labute approximate surface area is 159 Å². The predicted molar refractivity (Wildman–Crippen MR) is 84.9 cm³/mol. The molecule has 0 radical (unpaired) electrons. The Hall–Kier alpha value is -2.74. The molecule has 0 bridgehead atoms. The zero-order chi connectivity index (χ0) is 16.9. The fourth-order valence-corrected chi connectivity index (χ4v) is 2.27. The van der Waals surface area contributed by atoms with E-state index in [1.807, 2.05) is 0 Å². The van der Waals surface area contributed by atoms with Gasteiger partial charge in [-0.05, 0) is 5.56 Å². The van der Waals surface area contributed by atoms with E-state index in [4.69, 9.17) is 0 Å². The Morgan fingerprint density at radius 2 is 1.88 bits per heavy atom. The number of hydrogen-bond donors (Lipinski definition) is 3. The monoisotopic (exact) mass is 518 g/mol. The van der Waals surface area contributed by atoms with Crippen LogP contribution in [0.5, 0.6) is 0 Å². The normalized spacial score (nSPS) is 11.2. The van der Waals surface area contributed by atoms with E-state index in [0.717, 1.165) is 0 Å². The molecule has 0 aliphatic carbocycles. The first-order valence-corrected chi connectivity index (χ1v) is 7.13. The van der Waals surface area contributed by atoms with E-state index in [2.05, 4.69) is 26.9 Å². The summed E-state index contributed by atoms with van der Waals surface area (Å²) >= 11 is 0. The number of amides is 1. The van der Waals surface area contributed by atoms with E-state index in [9.17, 15) is 14.7 Å². The Bertz CT molecular complexity index is 853. The van der Waals surface area contributed by atoms with Gasteiger partial charge in [-0.3, -0.25) is 9.89 Å². The summed E-state index contributed by atoms with van der Waals surface area (Å²) < 4.78 is 0. The number of aromatic amines is 1. The van der Waals surface area contributed by atoms with Crippen LogP contribution in [-0.4, -0.2) is 32.4 Å². The predicted octanol–water partition coefficient (Wildman–Crippen LogP) is 1.83. The molecular formula is C17H13AuN4O3. The van der Waals surface area contributed by atoms with Gasteiger partial charge in [0.05, 0.1) is 0 Å². The third-order valence-electron chi connectivity index (χ3n) is 3.44. The molecule has 3 rings (SSSR count). The molecule has 1 amide bonds. The van der Waals surface area contributed by atoms with Crippen molar-refractivity contribution in [2.24, 2.45) is 0 Å². The van der Waals surface area contributed by atoms with Crippen LogP contribution in [-0.2, 0) is 27.2 Å². The maximum atomic E-state index is 12.4. The van der Waals surface area contributed by atoms with E-state index < -0.39 is 17.9 Å². The summed E-state index contributed by atoms with van der Waals surface area (Å²) in [6.07, 6.45) is 2.66.